The number of hydrogen-bond acceptors (Lipinski definition) is 5. The van der Waals surface area contributed by atoms with Crippen LogP contribution in [0.2, 0.25) is 0 Å². The highest BCUT2D eigenvalue weighted by atomic mass is 32.1. The van der Waals surface area contributed by atoms with Gasteiger partial charge in [0.15, 0.2) is 0 Å². The van der Waals surface area contributed by atoms with E-state index in [2.05, 4.69) is 10.6 Å². The number of amides is 1. The predicted molar refractivity (Wildman–Crippen MR) is 72.8 cm³/mol. The fourth-order valence-corrected chi connectivity index (χ4v) is 2.30. The molecule has 0 aliphatic rings. The number of furan rings is 1. The second-order valence-electron chi connectivity index (χ2n) is 3.94. The molecule has 1 atom stereocenters. The van der Waals surface area contributed by atoms with Crippen molar-refractivity contribution in [3.8, 4) is 6.07 Å². The quantitative estimate of drug-likeness (QED) is 0.878. The summed E-state index contributed by atoms with van der Waals surface area (Å²) in [6.07, 6.45) is 1.60. The van der Waals surface area contributed by atoms with Gasteiger partial charge < -0.3 is 9.73 Å². The van der Waals surface area contributed by atoms with Crippen molar-refractivity contribution in [1.82, 2.24) is 5.32 Å². The highest BCUT2D eigenvalue weighted by molar-refractivity contribution is 7.14. The van der Waals surface area contributed by atoms with Crippen LogP contribution in [0.4, 0.5) is 5.00 Å². The summed E-state index contributed by atoms with van der Waals surface area (Å²) >= 11 is 1.33. The summed E-state index contributed by atoms with van der Waals surface area (Å²) in [5.41, 5.74) is 0.484. The molecule has 2 heterocycles. The second-order valence-corrected chi connectivity index (χ2v) is 4.86. The molecule has 0 saturated heterocycles. The molecule has 0 aromatic carbocycles. The fourth-order valence-electron chi connectivity index (χ4n) is 1.55. The molecule has 0 radical (unpaired) electrons. The molecule has 2 rings (SSSR count). The Morgan fingerprint density at radius 2 is 2.42 bits per heavy atom. The standard InChI is InChI=1S/C13H13N3O2S/c1-9(11-3-2-5-18-11)15-8-12(17)16-13-10(7-14)4-6-19-13/h2-6,9,15H,8H2,1H3,(H,16,17)/t9-/m1/s1. The van der Waals surface area contributed by atoms with Gasteiger partial charge in [0.2, 0.25) is 5.91 Å². The van der Waals surface area contributed by atoms with Crippen LogP contribution in [0.25, 0.3) is 0 Å². The first-order valence-corrected chi connectivity index (χ1v) is 6.63. The molecule has 1 amide bonds. The summed E-state index contributed by atoms with van der Waals surface area (Å²) in [6, 6.07) is 7.32. The lowest BCUT2D eigenvalue weighted by Gasteiger charge is -2.10. The Balaban J connectivity index is 1.84. The van der Waals surface area contributed by atoms with Crippen LogP contribution in [0, 0.1) is 11.3 Å². The van der Waals surface area contributed by atoms with E-state index in [-0.39, 0.29) is 18.5 Å². The number of anilines is 1. The Kier molecular flexibility index (Phi) is 4.34. The topological polar surface area (TPSA) is 78.1 Å². The number of carbonyl (C=O) groups is 1. The van der Waals surface area contributed by atoms with Crippen molar-refractivity contribution >= 4 is 22.2 Å². The summed E-state index contributed by atoms with van der Waals surface area (Å²) in [7, 11) is 0. The van der Waals surface area contributed by atoms with Gasteiger partial charge in [0.1, 0.15) is 16.8 Å². The summed E-state index contributed by atoms with van der Waals surface area (Å²) in [5, 5.41) is 17.0. The lowest BCUT2D eigenvalue weighted by atomic mass is 10.2. The zero-order valence-electron chi connectivity index (χ0n) is 10.3. The van der Waals surface area contributed by atoms with Gasteiger partial charge in [-0.2, -0.15) is 5.26 Å². The SMILES string of the molecule is C[C@@H](NCC(=O)Nc1sccc1C#N)c1ccco1. The fraction of sp³-hybridized carbons (Fsp3) is 0.231. The van der Waals surface area contributed by atoms with Crippen LogP contribution in [0.3, 0.4) is 0 Å². The lowest BCUT2D eigenvalue weighted by molar-refractivity contribution is -0.115. The Hall–Kier alpha value is -2.10. The third kappa shape index (κ3) is 3.44. The third-order valence-corrected chi connectivity index (χ3v) is 3.41. The third-order valence-electron chi connectivity index (χ3n) is 2.58. The minimum absolute atomic E-state index is 0.0421. The zero-order chi connectivity index (χ0) is 13.7. The van der Waals surface area contributed by atoms with E-state index in [4.69, 9.17) is 9.68 Å². The van der Waals surface area contributed by atoms with Gasteiger partial charge in [0, 0.05) is 0 Å². The molecule has 5 nitrogen and oxygen atoms in total. The molecular formula is C13H13N3O2S. The van der Waals surface area contributed by atoms with Crippen LogP contribution in [0.15, 0.2) is 34.3 Å². The molecule has 0 aliphatic carbocycles. The maximum Gasteiger partial charge on any atom is 0.238 e. The van der Waals surface area contributed by atoms with Gasteiger partial charge in [-0.05, 0) is 30.5 Å². The Labute approximate surface area is 114 Å². The number of nitrogens with zero attached hydrogens (tertiary/aromatic N) is 1. The molecule has 0 bridgehead atoms. The van der Waals surface area contributed by atoms with Crippen molar-refractivity contribution in [2.24, 2.45) is 0 Å². The molecule has 2 aromatic rings. The Morgan fingerprint density at radius 3 is 3.11 bits per heavy atom. The smallest absolute Gasteiger partial charge is 0.238 e. The molecule has 0 fully saturated rings. The number of rotatable bonds is 5. The van der Waals surface area contributed by atoms with E-state index in [1.54, 1.807) is 23.8 Å². The maximum atomic E-state index is 11.7. The monoisotopic (exact) mass is 275 g/mol. The minimum atomic E-state index is -0.183. The van der Waals surface area contributed by atoms with Crippen molar-refractivity contribution in [2.45, 2.75) is 13.0 Å². The Morgan fingerprint density at radius 1 is 1.58 bits per heavy atom. The molecule has 2 N–H and O–H groups in total. The maximum absolute atomic E-state index is 11.7. The molecule has 6 heteroatoms. The number of nitrogens with one attached hydrogen (secondary N) is 2. The first-order chi connectivity index (χ1) is 9.20. The van der Waals surface area contributed by atoms with E-state index in [1.807, 2.05) is 19.1 Å². The average Bonchev–Trinajstić information content (AvgIpc) is 3.06. The van der Waals surface area contributed by atoms with Crippen molar-refractivity contribution in [3.63, 3.8) is 0 Å². The number of thiophene rings is 1. The van der Waals surface area contributed by atoms with Crippen molar-refractivity contribution in [3.05, 3.63) is 41.2 Å². The van der Waals surface area contributed by atoms with E-state index >= 15 is 0 Å². The van der Waals surface area contributed by atoms with Crippen LogP contribution in [0.5, 0.6) is 0 Å². The number of hydrogen-bond donors (Lipinski definition) is 2. The number of carbonyl (C=O) groups excluding carboxylic acids is 1. The summed E-state index contributed by atoms with van der Waals surface area (Å²) in [4.78, 5) is 11.7. The highest BCUT2D eigenvalue weighted by Gasteiger charge is 2.11. The van der Waals surface area contributed by atoms with E-state index < -0.39 is 0 Å². The molecular weight excluding hydrogens is 262 g/mol. The molecule has 98 valence electrons. The van der Waals surface area contributed by atoms with Crippen LogP contribution in [-0.2, 0) is 4.79 Å². The largest absolute Gasteiger partial charge is 0.468 e. The van der Waals surface area contributed by atoms with Crippen LogP contribution >= 0.6 is 11.3 Å². The van der Waals surface area contributed by atoms with Gasteiger partial charge in [-0.25, -0.2) is 0 Å². The minimum Gasteiger partial charge on any atom is -0.468 e. The lowest BCUT2D eigenvalue weighted by Crippen LogP contribution is -2.29. The van der Waals surface area contributed by atoms with Gasteiger partial charge in [-0.1, -0.05) is 0 Å². The summed E-state index contributed by atoms with van der Waals surface area (Å²) < 4.78 is 5.23. The first kappa shape index (κ1) is 13.3. The van der Waals surface area contributed by atoms with Gasteiger partial charge in [0.05, 0.1) is 24.4 Å². The predicted octanol–water partition coefficient (Wildman–Crippen LogP) is 2.50. The average molecular weight is 275 g/mol. The van der Waals surface area contributed by atoms with E-state index in [1.165, 1.54) is 11.3 Å². The van der Waals surface area contributed by atoms with Gasteiger partial charge in [0.25, 0.3) is 0 Å². The first-order valence-electron chi connectivity index (χ1n) is 5.75. The second kappa shape index (κ2) is 6.18. The normalized spacial score (nSPS) is 11.8. The molecule has 0 unspecified atom stereocenters. The Bertz CT molecular complexity index is 583. The van der Waals surface area contributed by atoms with Crippen molar-refractivity contribution in [2.75, 3.05) is 11.9 Å². The van der Waals surface area contributed by atoms with Crippen LogP contribution in [-0.4, -0.2) is 12.5 Å². The van der Waals surface area contributed by atoms with E-state index in [0.29, 0.717) is 10.6 Å². The highest BCUT2D eigenvalue weighted by Crippen LogP contribution is 2.21. The molecule has 0 saturated carbocycles. The number of nitriles is 1. The summed E-state index contributed by atoms with van der Waals surface area (Å²) in [6.45, 7) is 2.07. The van der Waals surface area contributed by atoms with Crippen molar-refractivity contribution < 1.29 is 9.21 Å². The summed E-state index contributed by atoms with van der Waals surface area (Å²) in [5.74, 6) is 0.596. The molecule has 2 aromatic heterocycles. The van der Waals surface area contributed by atoms with Crippen molar-refractivity contribution in [1.29, 1.82) is 5.26 Å². The van der Waals surface area contributed by atoms with Gasteiger partial charge in [-0.15, -0.1) is 11.3 Å². The van der Waals surface area contributed by atoms with E-state index in [0.717, 1.165) is 5.76 Å². The van der Waals surface area contributed by atoms with Gasteiger partial charge in [-0.3, -0.25) is 10.1 Å². The van der Waals surface area contributed by atoms with Gasteiger partial charge >= 0.3 is 0 Å². The van der Waals surface area contributed by atoms with E-state index in [9.17, 15) is 4.79 Å². The molecule has 0 spiro atoms. The zero-order valence-corrected chi connectivity index (χ0v) is 11.2. The van der Waals surface area contributed by atoms with Crippen LogP contribution in [0.1, 0.15) is 24.3 Å². The van der Waals surface area contributed by atoms with Crippen LogP contribution < -0.4 is 10.6 Å². The molecule has 0 aliphatic heterocycles. The molecule has 19 heavy (non-hydrogen) atoms.